The highest BCUT2D eigenvalue weighted by atomic mass is 127. The fourth-order valence-corrected chi connectivity index (χ4v) is 4.33. The van der Waals surface area contributed by atoms with Crippen LogP contribution in [0.15, 0.2) is 0 Å². The first-order chi connectivity index (χ1) is 15.1. The second-order valence-electron chi connectivity index (χ2n) is 7.15. The second kappa shape index (κ2) is 11.3. The van der Waals surface area contributed by atoms with Crippen LogP contribution in [0.5, 0.6) is 17.2 Å². The molecule has 0 amide bonds. The van der Waals surface area contributed by atoms with Crippen molar-refractivity contribution in [3.63, 3.8) is 0 Å². The van der Waals surface area contributed by atoms with E-state index in [0.29, 0.717) is 14.9 Å². The standard InChI is InChI=1S/C21H29IO10/c1-9-13(8-23)16(26-5)19(28-7)17(14(9)22)32-21-20(31-12(4)25)18(27-6)15(10(2)29-21)30-11(3)24/h10,15,18,20-21,23H,8H2,1-7H3/t10-,15-,18+,20+,21-/m0/s1. The zero-order chi connectivity index (χ0) is 24.2. The third kappa shape index (κ3) is 5.38. The SMILES string of the molecule is COc1c(CO)c(C)c(I)c(O[C@@H]2O[C@@H](C)[C@H](OC(C)=O)[C@@H](OC)[C@H]2OC(C)=O)c1OC. The number of aliphatic hydroxyl groups excluding tert-OH is 1. The number of carbonyl (C=O) groups excluding carboxylic acids is 2. The normalized spacial score (nSPS) is 25.1. The van der Waals surface area contributed by atoms with E-state index >= 15 is 0 Å². The van der Waals surface area contributed by atoms with Gasteiger partial charge in [0.15, 0.2) is 23.7 Å². The lowest BCUT2D eigenvalue weighted by Gasteiger charge is -2.43. The molecule has 1 aromatic carbocycles. The predicted molar refractivity (Wildman–Crippen MR) is 120 cm³/mol. The molecule has 1 aliphatic rings. The number of benzene rings is 1. The molecule has 180 valence electrons. The summed E-state index contributed by atoms with van der Waals surface area (Å²) in [6.45, 7) is 5.77. The number of ether oxygens (including phenoxy) is 7. The number of hydrogen-bond donors (Lipinski definition) is 1. The van der Waals surface area contributed by atoms with E-state index in [4.69, 9.17) is 33.2 Å². The molecule has 1 aromatic rings. The zero-order valence-electron chi connectivity index (χ0n) is 19.1. The van der Waals surface area contributed by atoms with Crippen LogP contribution in [0, 0.1) is 10.5 Å². The van der Waals surface area contributed by atoms with Crippen LogP contribution < -0.4 is 14.2 Å². The summed E-state index contributed by atoms with van der Waals surface area (Å²) in [4.78, 5) is 23.4. The summed E-state index contributed by atoms with van der Waals surface area (Å²) in [6.07, 6.45) is -4.47. The lowest BCUT2D eigenvalue weighted by Crippen LogP contribution is -2.61. The maximum absolute atomic E-state index is 11.8. The van der Waals surface area contributed by atoms with Crippen molar-refractivity contribution in [3.05, 3.63) is 14.7 Å². The van der Waals surface area contributed by atoms with Crippen LogP contribution >= 0.6 is 22.6 Å². The monoisotopic (exact) mass is 568 g/mol. The summed E-state index contributed by atoms with van der Waals surface area (Å²) in [6, 6.07) is 0. The lowest BCUT2D eigenvalue weighted by atomic mass is 9.99. The van der Waals surface area contributed by atoms with Gasteiger partial charge in [-0.2, -0.15) is 0 Å². The van der Waals surface area contributed by atoms with Crippen molar-refractivity contribution in [1.82, 2.24) is 0 Å². The van der Waals surface area contributed by atoms with Crippen LogP contribution in [0.4, 0.5) is 0 Å². The Morgan fingerprint density at radius 1 is 0.969 bits per heavy atom. The van der Waals surface area contributed by atoms with Gasteiger partial charge < -0.3 is 38.3 Å². The molecule has 0 saturated carbocycles. The molecule has 1 saturated heterocycles. The van der Waals surface area contributed by atoms with Crippen molar-refractivity contribution in [2.45, 2.75) is 65.0 Å². The Bertz CT molecular complexity index is 843. The Hall–Kier alpha value is -1.83. The van der Waals surface area contributed by atoms with E-state index in [1.54, 1.807) is 6.92 Å². The summed E-state index contributed by atoms with van der Waals surface area (Å²) in [5.41, 5.74) is 1.29. The van der Waals surface area contributed by atoms with Crippen LogP contribution in [0.25, 0.3) is 0 Å². The Morgan fingerprint density at radius 2 is 1.53 bits per heavy atom. The van der Waals surface area contributed by atoms with Gasteiger partial charge in [0.1, 0.15) is 6.10 Å². The first-order valence-corrected chi connectivity index (χ1v) is 10.9. The van der Waals surface area contributed by atoms with E-state index in [9.17, 15) is 14.7 Å². The van der Waals surface area contributed by atoms with Crippen molar-refractivity contribution >= 4 is 34.5 Å². The van der Waals surface area contributed by atoms with Crippen molar-refractivity contribution in [2.75, 3.05) is 21.3 Å². The Morgan fingerprint density at radius 3 is 2.00 bits per heavy atom. The highest BCUT2D eigenvalue weighted by molar-refractivity contribution is 14.1. The molecule has 0 bridgehead atoms. The lowest BCUT2D eigenvalue weighted by molar-refractivity contribution is -0.281. The van der Waals surface area contributed by atoms with E-state index in [1.165, 1.54) is 35.2 Å². The number of aliphatic hydroxyl groups is 1. The first kappa shape index (κ1) is 26.4. The van der Waals surface area contributed by atoms with E-state index in [-0.39, 0.29) is 18.1 Å². The van der Waals surface area contributed by atoms with E-state index in [2.05, 4.69) is 22.6 Å². The Labute approximate surface area is 200 Å². The molecule has 1 aliphatic heterocycles. The molecular weight excluding hydrogens is 539 g/mol. The largest absolute Gasteiger partial charge is 0.492 e. The number of methoxy groups -OCH3 is 3. The molecule has 5 atom stereocenters. The van der Waals surface area contributed by atoms with Gasteiger partial charge in [0.2, 0.25) is 12.0 Å². The van der Waals surface area contributed by atoms with Gasteiger partial charge in [0.05, 0.1) is 30.5 Å². The third-order valence-corrected chi connectivity index (χ3v) is 6.37. The summed E-state index contributed by atoms with van der Waals surface area (Å²) in [5.74, 6) is -0.256. The van der Waals surface area contributed by atoms with Gasteiger partial charge in [-0.3, -0.25) is 9.59 Å². The van der Waals surface area contributed by atoms with Gasteiger partial charge in [0, 0.05) is 26.5 Å². The van der Waals surface area contributed by atoms with Crippen molar-refractivity contribution in [3.8, 4) is 17.2 Å². The molecule has 1 fully saturated rings. The van der Waals surface area contributed by atoms with Gasteiger partial charge in [-0.25, -0.2) is 0 Å². The topological polar surface area (TPSA) is 119 Å². The minimum absolute atomic E-state index is 0.250. The van der Waals surface area contributed by atoms with Crippen LogP contribution in [0.3, 0.4) is 0 Å². The van der Waals surface area contributed by atoms with Crippen LogP contribution in [-0.4, -0.2) is 69.1 Å². The maximum atomic E-state index is 11.8. The van der Waals surface area contributed by atoms with E-state index in [0.717, 1.165) is 5.56 Å². The summed E-state index contributed by atoms with van der Waals surface area (Å²) in [5, 5.41) is 9.81. The molecular formula is C21H29IO10. The molecule has 10 nitrogen and oxygen atoms in total. The minimum atomic E-state index is -1.11. The van der Waals surface area contributed by atoms with Gasteiger partial charge in [-0.05, 0) is 42.0 Å². The van der Waals surface area contributed by atoms with Gasteiger partial charge in [-0.15, -0.1) is 0 Å². The van der Waals surface area contributed by atoms with Crippen molar-refractivity contribution in [2.24, 2.45) is 0 Å². The van der Waals surface area contributed by atoms with Crippen molar-refractivity contribution < 1.29 is 47.9 Å². The maximum Gasteiger partial charge on any atom is 0.303 e. The number of rotatable bonds is 8. The molecule has 1 heterocycles. The van der Waals surface area contributed by atoms with Gasteiger partial charge in [-0.1, -0.05) is 0 Å². The minimum Gasteiger partial charge on any atom is -0.492 e. The van der Waals surface area contributed by atoms with E-state index < -0.39 is 42.6 Å². The van der Waals surface area contributed by atoms with Crippen LogP contribution in [-0.2, 0) is 35.1 Å². The average molecular weight is 568 g/mol. The number of carbonyl (C=O) groups is 2. The third-order valence-electron chi connectivity index (χ3n) is 5.07. The molecule has 0 spiro atoms. The smallest absolute Gasteiger partial charge is 0.303 e. The fourth-order valence-electron chi connectivity index (χ4n) is 3.63. The fraction of sp³-hybridized carbons (Fsp3) is 0.619. The molecule has 2 rings (SSSR count). The molecule has 0 aliphatic carbocycles. The molecule has 1 N–H and O–H groups in total. The number of halogens is 1. The molecule has 32 heavy (non-hydrogen) atoms. The highest BCUT2D eigenvalue weighted by Gasteiger charge is 2.50. The van der Waals surface area contributed by atoms with E-state index in [1.807, 2.05) is 6.92 Å². The predicted octanol–water partition coefficient (Wildman–Crippen LogP) is 2.11. The van der Waals surface area contributed by atoms with Crippen LogP contribution in [0.2, 0.25) is 0 Å². The number of hydrogen-bond acceptors (Lipinski definition) is 10. The molecule has 0 radical (unpaired) electrons. The zero-order valence-corrected chi connectivity index (χ0v) is 21.3. The summed E-state index contributed by atoms with van der Waals surface area (Å²) >= 11 is 2.07. The summed E-state index contributed by atoms with van der Waals surface area (Å²) < 4.78 is 40.2. The molecule has 0 aromatic heterocycles. The van der Waals surface area contributed by atoms with Gasteiger partial charge >= 0.3 is 11.9 Å². The Kier molecular flexibility index (Phi) is 9.37. The number of esters is 2. The highest BCUT2D eigenvalue weighted by Crippen LogP contribution is 2.47. The van der Waals surface area contributed by atoms with Crippen molar-refractivity contribution in [1.29, 1.82) is 0 Å². The molecule has 0 unspecified atom stereocenters. The van der Waals surface area contributed by atoms with Crippen LogP contribution in [0.1, 0.15) is 31.9 Å². The molecule has 11 heteroatoms. The first-order valence-electron chi connectivity index (χ1n) is 9.84. The summed E-state index contributed by atoms with van der Waals surface area (Å²) in [7, 11) is 4.32. The Balaban J connectivity index is 2.55. The van der Waals surface area contributed by atoms with Gasteiger partial charge in [0.25, 0.3) is 0 Å². The average Bonchev–Trinajstić information content (AvgIpc) is 2.73. The quantitative estimate of drug-likeness (QED) is 0.369. The second-order valence-corrected chi connectivity index (χ2v) is 8.23.